The average molecular weight is 311 g/mol. The van der Waals surface area contributed by atoms with Crippen LogP contribution in [0.1, 0.15) is 43.0 Å². The van der Waals surface area contributed by atoms with Gasteiger partial charge in [0.05, 0.1) is 6.04 Å². The van der Waals surface area contributed by atoms with Crippen LogP contribution in [0.15, 0.2) is 48.5 Å². The number of hydrogen-bond donors (Lipinski definition) is 1. The minimum Gasteiger partial charge on any atom is -0.481 e. The molecule has 0 aliphatic rings. The molecule has 0 saturated heterocycles. The van der Waals surface area contributed by atoms with Crippen LogP contribution in [0.25, 0.3) is 0 Å². The van der Waals surface area contributed by atoms with E-state index < -0.39 is 6.10 Å². The van der Waals surface area contributed by atoms with Gasteiger partial charge in [-0.2, -0.15) is 0 Å². The first-order chi connectivity index (χ1) is 11.0. The van der Waals surface area contributed by atoms with Crippen molar-refractivity contribution >= 4 is 5.91 Å². The monoisotopic (exact) mass is 311 g/mol. The second-order valence-corrected chi connectivity index (χ2v) is 5.92. The van der Waals surface area contributed by atoms with Gasteiger partial charge in [0.15, 0.2) is 6.10 Å². The number of nitrogens with one attached hydrogen (secondary N) is 1. The largest absolute Gasteiger partial charge is 0.481 e. The number of carbonyl (C=O) groups is 1. The van der Waals surface area contributed by atoms with Crippen molar-refractivity contribution in [1.29, 1.82) is 0 Å². The molecule has 3 nitrogen and oxygen atoms in total. The van der Waals surface area contributed by atoms with Crippen LogP contribution in [0.5, 0.6) is 5.75 Å². The lowest BCUT2D eigenvalue weighted by molar-refractivity contribution is -0.128. The molecule has 0 aliphatic carbocycles. The van der Waals surface area contributed by atoms with Gasteiger partial charge in [-0.25, -0.2) is 0 Å². The van der Waals surface area contributed by atoms with E-state index in [1.165, 1.54) is 11.1 Å². The second-order valence-electron chi connectivity index (χ2n) is 5.92. The SMILES string of the molecule is CC[C@H](Oc1ccccc1)C(=O)N[C@H](C)c1cc(C)ccc1C. The van der Waals surface area contributed by atoms with Crippen LogP contribution in [-0.2, 0) is 4.79 Å². The Bertz CT molecular complexity index is 652. The van der Waals surface area contributed by atoms with Crippen LogP contribution in [0.3, 0.4) is 0 Å². The minimum absolute atomic E-state index is 0.0455. The number of aryl methyl sites for hydroxylation is 2. The Morgan fingerprint density at radius 3 is 2.48 bits per heavy atom. The van der Waals surface area contributed by atoms with Crippen molar-refractivity contribution in [2.24, 2.45) is 0 Å². The number of para-hydroxylation sites is 1. The van der Waals surface area contributed by atoms with Crippen molar-refractivity contribution in [3.63, 3.8) is 0 Å². The normalized spacial score (nSPS) is 13.2. The van der Waals surface area contributed by atoms with Crippen LogP contribution in [-0.4, -0.2) is 12.0 Å². The molecule has 1 N–H and O–H groups in total. The predicted octanol–water partition coefficient (Wildman–Crippen LogP) is 4.34. The molecule has 2 atom stereocenters. The van der Waals surface area contributed by atoms with E-state index in [-0.39, 0.29) is 11.9 Å². The Kier molecular flexibility index (Phi) is 5.80. The highest BCUT2D eigenvalue weighted by Gasteiger charge is 2.21. The van der Waals surface area contributed by atoms with Crippen LogP contribution >= 0.6 is 0 Å². The Morgan fingerprint density at radius 2 is 1.83 bits per heavy atom. The fraction of sp³-hybridized carbons (Fsp3) is 0.350. The zero-order chi connectivity index (χ0) is 16.8. The van der Waals surface area contributed by atoms with Gasteiger partial charge < -0.3 is 10.1 Å². The van der Waals surface area contributed by atoms with Gasteiger partial charge in [0.25, 0.3) is 5.91 Å². The number of amides is 1. The quantitative estimate of drug-likeness (QED) is 0.862. The molecule has 23 heavy (non-hydrogen) atoms. The highest BCUT2D eigenvalue weighted by molar-refractivity contribution is 5.81. The summed E-state index contributed by atoms with van der Waals surface area (Å²) < 4.78 is 5.80. The predicted molar refractivity (Wildman–Crippen MR) is 93.6 cm³/mol. The number of ether oxygens (including phenoxy) is 1. The fourth-order valence-corrected chi connectivity index (χ4v) is 2.60. The highest BCUT2D eigenvalue weighted by Crippen LogP contribution is 2.20. The molecule has 0 heterocycles. The summed E-state index contributed by atoms with van der Waals surface area (Å²) in [6.45, 7) is 8.09. The van der Waals surface area contributed by atoms with Gasteiger partial charge in [0, 0.05) is 0 Å². The third kappa shape index (κ3) is 4.59. The van der Waals surface area contributed by atoms with Gasteiger partial charge in [-0.1, -0.05) is 48.9 Å². The van der Waals surface area contributed by atoms with E-state index in [0.29, 0.717) is 12.2 Å². The van der Waals surface area contributed by atoms with Crippen molar-refractivity contribution in [3.8, 4) is 5.75 Å². The van der Waals surface area contributed by atoms with Crippen molar-refractivity contribution in [3.05, 3.63) is 65.2 Å². The molecule has 0 aromatic heterocycles. The first-order valence-electron chi connectivity index (χ1n) is 8.10. The lowest BCUT2D eigenvalue weighted by atomic mass is 10.00. The summed E-state index contributed by atoms with van der Waals surface area (Å²) in [6.07, 6.45) is 0.144. The Balaban J connectivity index is 2.05. The highest BCUT2D eigenvalue weighted by atomic mass is 16.5. The maximum absolute atomic E-state index is 12.5. The Hall–Kier alpha value is -2.29. The van der Waals surface area contributed by atoms with Gasteiger partial charge in [0.1, 0.15) is 5.75 Å². The molecular formula is C20H25NO2. The van der Waals surface area contributed by atoms with E-state index in [2.05, 4.69) is 37.4 Å². The maximum Gasteiger partial charge on any atom is 0.261 e. The zero-order valence-electron chi connectivity index (χ0n) is 14.3. The second kappa shape index (κ2) is 7.82. The van der Waals surface area contributed by atoms with E-state index in [0.717, 1.165) is 5.56 Å². The maximum atomic E-state index is 12.5. The van der Waals surface area contributed by atoms with E-state index >= 15 is 0 Å². The molecule has 0 saturated carbocycles. The van der Waals surface area contributed by atoms with Crippen molar-refractivity contribution in [2.45, 2.75) is 46.3 Å². The number of carbonyl (C=O) groups excluding carboxylic acids is 1. The zero-order valence-corrected chi connectivity index (χ0v) is 14.3. The van der Waals surface area contributed by atoms with Crippen molar-refractivity contribution < 1.29 is 9.53 Å². The molecule has 0 unspecified atom stereocenters. The van der Waals surface area contributed by atoms with E-state index in [1.807, 2.05) is 44.2 Å². The average Bonchev–Trinajstić information content (AvgIpc) is 2.55. The summed E-state index contributed by atoms with van der Waals surface area (Å²) >= 11 is 0. The van der Waals surface area contributed by atoms with Crippen LogP contribution in [0.4, 0.5) is 0 Å². The molecule has 122 valence electrons. The molecule has 0 aliphatic heterocycles. The van der Waals surface area contributed by atoms with Crippen LogP contribution in [0, 0.1) is 13.8 Å². The lowest BCUT2D eigenvalue weighted by Crippen LogP contribution is -2.39. The van der Waals surface area contributed by atoms with Gasteiger partial charge >= 0.3 is 0 Å². The molecule has 0 fully saturated rings. The molecule has 2 aromatic rings. The van der Waals surface area contributed by atoms with Crippen molar-refractivity contribution in [1.82, 2.24) is 5.32 Å². The minimum atomic E-state index is -0.482. The number of hydrogen-bond acceptors (Lipinski definition) is 2. The van der Waals surface area contributed by atoms with E-state index in [4.69, 9.17) is 4.74 Å². The van der Waals surface area contributed by atoms with Gasteiger partial charge in [-0.3, -0.25) is 4.79 Å². The molecule has 2 rings (SSSR count). The summed E-state index contributed by atoms with van der Waals surface area (Å²) in [7, 11) is 0. The molecule has 2 aromatic carbocycles. The summed E-state index contributed by atoms with van der Waals surface area (Å²) in [5.41, 5.74) is 3.52. The van der Waals surface area contributed by atoms with Crippen molar-refractivity contribution in [2.75, 3.05) is 0 Å². The summed E-state index contributed by atoms with van der Waals surface area (Å²) in [5, 5.41) is 3.07. The third-order valence-corrected chi connectivity index (χ3v) is 3.94. The summed E-state index contributed by atoms with van der Waals surface area (Å²) in [5.74, 6) is 0.638. The smallest absolute Gasteiger partial charge is 0.261 e. The van der Waals surface area contributed by atoms with Gasteiger partial charge in [-0.15, -0.1) is 0 Å². The van der Waals surface area contributed by atoms with Crippen LogP contribution in [0.2, 0.25) is 0 Å². The van der Waals surface area contributed by atoms with Crippen LogP contribution < -0.4 is 10.1 Å². The Labute approximate surface area is 138 Å². The standard InChI is InChI=1S/C20H25NO2/c1-5-19(23-17-9-7-6-8-10-17)20(22)21-16(4)18-13-14(2)11-12-15(18)3/h6-13,16,19H,5H2,1-4H3,(H,21,22)/t16-,19+/m1/s1. The fourth-order valence-electron chi connectivity index (χ4n) is 2.60. The molecule has 1 amide bonds. The molecular weight excluding hydrogens is 286 g/mol. The number of rotatable bonds is 6. The Morgan fingerprint density at radius 1 is 1.13 bits per heavy atom. The molecule has 0 radical (unpaired) electrons. The number of benzene rings is 2. The summed E-state index contributed by atoms with van der Waals surface area (Å²) in [4.78, 5) is 12.5. The first-order valence-corrected chi connectivity index (χ1v) is 8.10. The summed E-state index contributed by atoms with van der Waals surface area (Å²) in [6, 6.07) is 15.7. The van der Waals surface area contributed by atoms with E-state index in [1.54, 1.807) is 0 Å². The van der Waals surface area contributed by atoms with Gasteiger partial charge in [-0.05, 0) is 50.5 Å². The third-order valence-electron chi connectivity index (χ3n) is 3.94. The topological polar surface area (TPSA) is 38.3 Å². The lowest BCUT2D eigenvalue weighted by Gasteiger charge is -2.22. The van der Waals surface area contributed by atoms with Gasteiger partial charge in [0.2, 0.25) is 0 Å². The van der Waals surface area contributed by atoms with E-state index in [9.17, 15) is 4.79 Å². The molecule has 0 spiro atoms. The molecule has 3 heteroatoms. The molecule has 0 bridgehead atoms. The first kappa shape index (κ1) is 17.1.